The van der Waals surface area contributed by atoms with Gasteiger partial charge in [-0.1, -0.05) is 0 Å². The molecule has 1 unspecified atom stereocenters. The van der Waals surface area contributed by atoms with Crippen molar-refractivity contribution in [3.63, 3.8) is 0 Å². The molecule has 2 N–H and O–H groups in total. The number of nitrogens with zero attached hydrogens (tertiary/aromatic N) is 2. The van der Waals surface area contributed by atoms with Crippen LogP contribution in [0.15, 0.2) is 12.4 Å². The van der Waals surface area contributed by atoms with Crippen molar-refractivity contribution < 1.29 is 8.42 Å². The van der Waals surface area contributed by atoms with Gasteiger partial charge in [0.15, 0.2) is 9.84 Å². The summed E-state index contributed by atoms with van der Waals surface area (Å²) in [5, 5.41) is 0. The molecule has 0 saturated carbocycles. The van der Waals surface area contributed by atoms with E-state index in [1.54, 1.807) is 12.4 Å². The normalized spacial score (nSPS) is 24.2. The molecule has 2 rings (SSSR count). The van der Waals surface area contributed by atoms with E-state index in [-0.39, 0.29) is 17.4 Å². The zero-order valence-electron chi connectivity index (χ0n) is 8.26. The predicted molar refractivity (Wildman–Crippen MR) is 55.9 cm³/mol. The van der Waals surface area contributed by atoms with Gasteiger partial charge in [0, 0.05) is 30.4 Å². The monoisotopic (exact) mass is 227 g/mol. The summed E-state index contributed by atoms with van der Waals surface area (Å²) < 4.78 is 22.5. The highest BCUT2D eigenvalue weighted by Crippen LogP contribution is 2.25. The van der Waals surface area contributed by atoms with Crippen LogP contribution in [0, 0.1) is 0 Å². The van der Waals surface area contributed by atoms with Crippen molar-refractivity contribution in [1.82, 2.24) is 9.97 Å². The van der Waals surface area contributed by atoms with Crippen LogP contribution in [0.2, 0.25) is 0 Å². The fourth-order valence-electron chi connectivity index (χ4n) is 1.68. The van der Waals surface area contributed by atoms with Crippen molar-refractivity contribution >= 4 is 9.84 Å². The molecule has 1 aliphatic heterocycles. The van der Waals surface area contributed by atoms with Crippen molar-refractivity contribution in [2.45, 2.75) is 18.9 Å². The largest absolute Gasteiger partial charge is 0.326 e. The van der Waals surface area contributed by atoms with Gasteiger partial charge in [0.1, 0.15) is 5.82 Å². The average molecular weight is 227 g/mol. The van der Waals surface area contributed by atoms with Crippen LogP contribution in [0.1, 0.15) is 23.7 Å². The Balaban J connectivity index is 2.17. The Kier molecular flexibility index (Phi) is 2.70. The summed E-state index contributed by atoms with van der Waals surface area (Å²) >= 11 is 0. The first kappa shape index (κ1) is 10.5. The second-order valence-corrected chi connectivity index (χ2v) is 5.98. The minimum atomic E-state index is -2.86. The minimum Gasteiger partial charge on any atom is -0.326 e. The Bertz CT molecular complexity index is 441. The summed E-state index contributed by atoms with van der Waals surface area (Å²) in [6, 6.07) is 0. The van der Waals surface area contributed by atoms with Gasteiger partial charge in [0.05, 0.1) is 11.5 Å². The van der Waals surface area contributed by atoms with Gasteiger partial charge in [-0.3, -0.25) is 0 Å². The number of sulfone groups is 1. The van der Waals surface area contributed by atoms with E-state index in [9.17, 15) is 8.42 Å². The maximum Gasteiger partial charge on any atom is 0.151 e. The minimum absolute atomic E-state index is 0.0400. The molecule has 0 radical (unpaired) electrons. The molecule has 1 fully saturated rings. The van der Waals surface area contributed by atoms with Crippen LogP contribution >= 0.6 is 0 Å². The van der Waals surface area contributed by atoms with Gasteiger partial charge in [-0.15, -0.1) is 0 Å². The highest BCUT2D eigenvalue weighted by atomic mass is 32.2. The first-order chi connectivity index (χ1) is 7.11. The van der Waals surface area contributed by atoms with Crippen LogP contribution in [-0.2, 0) is 16.4 Å². The Labute approximate surface area is 88.7 Å². The van der Waals surface area contributed by atoms with Crippen molar-refractivity contribution in [2.24, 2.45) is 5.73 Å². The van der Waals surface area contributed by atoms with Gasteiger partial charge < -0.3 is 5.73 Å². The number of rotatable bonds is 2. The smallest absolute Gasteiger partial charge is 0.151 e. The first-order valence-corrected chi connectivity index (χ1v) is 6.64. The van der Waals surface area contributed by atoms with Crippen molar-refractivity contribution in [3.8, 4) is 0 Å². The maximum atomic E-state index is 11.3. The molecule has 2 heterocycles. The lowest BCUT2D eigenvalue weighted by Crippen LogP contribution is -2.08. The summed E-state index contributed by atoms with van der Waals surface area (Å²) in [6.07, 6.45) is 3.95. The molecule has 1 aliphatic rings. The number of aromatic nitrogens is 2. The summed E-state index contributed by atoms with van der Waals surface area (Å²) in [5.41, 5.74) is 6.28. The van der Waals surface area contributed by atoms with E-state index in [1.807, 2.05) is 0 Å². The average Bonchev–Trinajstić information content (AvgIpc) is 2.59. The van der Waals surface area contributed by atoms with E-state index >= 15 is 0 Å². The lowest BCUT2D eigenvalue weighted by atomic mass is 10.1. The molecule has 1 atom stereocenters. The molecular weight excluding hydrogens is 214 g/mol. The molecule has 15 heavy (non-hydrogen) atoms. The van der Waals surface area contributed by atoms with Gasteiger partial charge in [-0.2, -0.15) is 0 Å². The van der Waals surface area contributed by atoms with Crippen LogP contribution in [-0.4, -0.2) is 29.9 Å². The molecule has 1 aromatic rings. The Morgan fingerprint density at radius 1 is 1.40 bits per heavy atom. The van der Waals surface area contributed by atoms with Gasteiger partial charge in [-0.25, -0.2) is 18.4 Å². The van der Waals surface area contributed by atoms with Crippen molar-refractivity contribution in [1.29, 1.82) is 0 Å². The second kappa shape index (κ2) is 3.86. The molecule has 0 aliphatic carbocycles. The van der Waals surface area contributed by atoms with E-state index in [1.165, 1.54) is 0 Å². The molecule has 1 aromatic heterocycles. The van der Waals surface area contributed by atoms with Gasteiger partial charge >= 0.3 is 0 Å². The topological polar surface area (TPSA) is 85.9 Å². The summed E-state index contributed by atoms with van der Waals surface area (Å²) in [5.74, 6) is 1.00. The Morgan fingerprint density at radius 2 is 2.07 bits per heavy atom. The fraction of sp³-hybridized carbons (Fsp3) is 0.556. The number of nitrogens with two attached hydrogens (primary N) is 1. The summed E-state index contributed by atoms with van der Waals surface area (Å²) in [6.45, 7) is 0.406. The molecule has 82 valence electrons. The highest BCUT2D eigenvalue weighted by Gasteiger charge is 2.30. The molecule has 5 nitrogen and oxygen atoms in total. The molecule has 0 amide bonds. The van der Waals surface area contributed by atoms with Crippen LogP contribution in [0.4, 0.5) is 0 Å². The maximum absolute atomic E-state index is 11.3. The standard InChI is InChI=1S/C9H13N3O2S/c10-3-7-4-11-9(12-5-7)8-1-2-15(13,14)6-8/h4-5,8H,1-3,6,10H2. The summed E-state index contributed by atoms with van der Waals surface area (Å²) in [7, 11) is -2.86. The van der Waals surface area contributed by atoms with Crippen LogP contribution in [0.5, 0.6) is 0 Å². The van der Waals surface area contributed by atoms with E-state index < -0.39 is 9.84 Å². The Morgan fingerprint density at radius 3 is 2.53 bits per heavy atom. The lowest BCUT2D eigenvalue weighted by molar-refractivity contribution is 0.601. The number of hydrogen-bond acceptors (Lipinski definition) is 5. The highest BCUT2D eigenvalue weighted by molar-refractivity contribution is 7.91. The fourth-order valence-corrected chi connectivity index (χ4v) is 3.42. The third kappa shape index (κ3) is 2.32. The van der Waals surface area contributed by atoms with Crippen LogP contribution < -0.4 is 5.73 Å². The third-order valence-electron chi connectivity index (χ3n) is 2.56. The van der Waals surface area contributed by atoms with Gasteiger partial charge in [0.2, 0.25) is 0 Å². The molecular formula is C9H13N3O2S. The van der Waals surface area contributed by atoms with Crippen LogP contribution in [0.3, 0.4) is 0 Å². The third-order valence-corrected chi connectivity index (χ3v) is 4.33. The first-order valence-electron chi connectivity index (χ1n) is 4.82. The summed E-state index contributed by atoms with van der Waals surface area (Å²) in [4.78, 5) is 8.28. The SMILES string of the molecule is NCc1cnc(C2CCS(=O)(=O)C2)nc1. The van der Waals surface area contributed by atoms with E-state index in [2.05, 4.69) is 9.97 Å². The van der Waals surface area contributed by atoms with Crippen LogP contribution in [0.25, 0.3) is 0 Å². The zero-order valence-corrected chi connectivity index (χ0v) is 9.07. The Hall–Kier alpha value is -1.01. The quantitative estimate of drug-likeness (QED) is 0.758. The second-order valence-electron chi connectivity index (χ2n) is 3.75. The van der Waals surface area contributed by atoms with E-state index in [0.717, 1.165) is 5.56 Å². The van der Waals surface area contributed by atoms with Crippen molar-refractivity contribution in [3.05, 3.63) is 23.8 Å². The molecule has 1 saturated heterocycles. The van der Waals surface area contributed by atoms with Crippen molar-refractivity contribution in [2.75, 3.05) is 11.5 Å². The lowest BCUT2D eigenvalue weighted by Gasteiger charge is -2.05. The molecule has 0 aromatic carbocycles. The molecule has 0 bridgehead atoms. The van der Waals surface area contributed by atoms with E-state index in [4.69, 9.17) is 5.73 Å². The van der Waals surface area contributed by atoms with E-state index in [0.29, 0.717) is 18.8 Å². The van der Waals surface area contributed by atoms with Gasteiger partial charge in [-0.05, 0) is 6.42 Å². The van der Waals surface area contributed by atoms with Gasteiger partial charge in [0.25, 0.3) is 0 Å². The number of hydrogen-bond donors (Lipinski definition) is 1. The molecule has 0 spiro atoms. The predicted octanol–water partition coefficient (Wildman–Crippen LogP) is -0.163. The zero-order chi connectivity index (χ0) is 10.9. The molecule has 6 heteroatoms.